The van der Waals surface area contributed by atoms with Gasteiger partial charge < -0.3 is 5.32 Å². The first kappa shape index (κ1) is 16.0. The van der Waals surface area contributed by atoms with Crippen molar-refractivity contribution in [1.29, 1.82) is 0 Å². The number of hydrogen-bond acceptors (Lipinski definition) is 3. The van der Waals surface area contributed by atoms with Crippen LogP contribution in [0, 0.1) is 5.92 Å². The molecule has 0 aliphatic heterocycles. The number of nitrogens with one attached hydrogen (secondary N) is 1. The molecule has 108 valence electrons. The summed E-state index contributed by atoms with van der Waals surface area (Å²) in [6.07, 6.45) is 6.24. The van der Waals surface area contributed by atoms with E-state index in [9.17, 15) is 8.42 Å². The Morgan fingerprint density at radius 2 is 1.78 bits per heavy atom. The zero-order valence-electron chi connectivity index (χ0n) is 12.3. The van der Waals surface area contributed by atoms with Gasteiger partial charge in [-0.05, 0) is 46.0 Å². The molecule has 0 amide bonds. The van der Waals surface area contributed by atoms with E-state index in [0.717, 1.165) is 5.92 Å². The zero-order valence-corrected chi connectivity index (χ0v) is 13.1. The molecule has 0 aromatic rings. The predicted octanol–water partition coefficient (Wildman–Crippen LogP) is 2.76. The first-order valence-electron chi connectivity index (χ1n) is 7.18. The molecule has 18 heavy (non-hydrogen) atoms. The van der Waals surface area contributed by atoms with Crippen LogP contribution in [0.3, 0.4) is 0 Å². The lowest BCUT2D eigenvalue weighted by molar-refractivity contribution is 0.456. The average molecular weight is 275 g/mol. The number of hydrogen-bond donors (Lipinski definition) is 1. The molecular weight excluding hydrogens is 246 g/mol. The molecule has 2 atom stereocenters. The summed E-state index contributed by atoms with van der Waals surface area (Å²) in [5.74, 6) is 1.08. The van der Waals surface area contributed by atoms with Gasteiger partial charge in [0.15, 0.2) is 9.84 Å². The van der Waals surface area contributed by atoms with Crippen LogP contribution in [0.2, 0.25) is 0 Å². The Balaban J connectivity index is 2.34. The normalized spacial score (nSPS) is 26.9. The summed E-state index contributed by atoms with van der Waals surface area (Å²) in [6.45, 7) is 8.23. The molecule has 4 heteroatoms. The Bertz CT molecular complexity index is 343. The van der Waals surface area contributed by atoms with Crippen molar-refractivity contribution in [2.45, 2.75) is 70.6 Å². The molecule has 1 rings (SSSR count). The van der Waals surface area contributed by atoms with E-state index >= 15 is 0 Å². The van der Waals surface area contributed by atoms with E-state index in [2.05, 4.69) is 12.2 Å². The van der Waals surface area contributed by atoms with Gasteiger partial charge in [-0.2, -0.15) is 0 Å². The van der Waals surface area contributed by atoms with Crippen LogP contribution < -0.4 is 5.32 Å². The van der Waals surface area contributed by atoms with E-state index in [1.807, 2.05) is 0 Å². The third-order valence-electron chi connectivity index (χ3n) is 3.99. The Morgan fingerprint density at radius 1 is 1.11 bits per heavy atom. The molecule has 2 unspecified atom stereocenters. The molecule has 1 saturated carbocycles. The van der Waals surface area contributed by atoms with Crippen LogP contribution in [0.4, 0.5) is 0 Å². The van der Waals surface area contributed by atoms with Gasteiger partial charge in [0.1, 0.15) is 0 Å². The van der Waals surface area contributed by atoms with Crippen LogP contribution in [0.5, 0.6) is 0 Å². The summed E-state index contributed by atoms with van der Waals surface area (Å²) < 4.78 is 23.3. The van der Waals surface area contributed by atoms with Crippen LogP contribution >= 0.6 is 0 Å². The van der Waals surface area contributed by atoms with E-state index < -0.39 is 14.6 Å². The fourth-order valence-electron chi connectivity index (χ4n) is 2.39. The molecule has 3 nitrogen and oxygen atoms in total. The highest BCUT2D eigenvalue weighted by Crippen LogP contribution is 2.22. The molecule has 1 N–H and O–H groups in total. The van der Waals surface area contributed by atoms with Crippen molar-refractivity contribution in [1.82, 2.24) is 5.32 Å². The Labute approximate surface area is 113 Å². The van der Waals surface area contributed by atoms with Gasteiger partial charge in [0.2, 0.25) is 0 Å². The smallest absolute Gasteiger partial charge is 0.156 e. The van der Waals surface area contributed by atoms with Gasteiger partial charge in [-0.3, -0.25) is 0 Å². The molecule has 0 heterocycles. The van der Waals surface area contributed by atoms with Crippen molar-refractivity contribution < 1.29 is 8.42 Å². The molecule has 0 spiro atoms. The molecule has 0 aromatic heterocycles. The highest BCUT2D eigenvalue weighted by molar-refractivity contribution is 7.92. The molecule has 0 aromatic carbocycles. The van der Waals surface area contributed by atoms with Crippen molar-refractivity contribution >= 4 is 9.84 Å². The lowest BCUT2D eigenvalue weighted by Crippen LogP contribution is -2.38. The highest BCUT2D eigenvalue weighted by Gasteiger charge is 2.28. The molecule has 0 radical (unpaired) electrons. The second-order valence-corrected chi connectivity index (χ2v) is 9.56. The summed E-state index contributed by atoms with van der Waals surface area (Å²) in [4.78, 5) is 0. The maximum absolute atomic E-state index is 12.0. The Hall–Kier alpha value is -0.0900. The van der Waals surface area contributed by atoms with Crippen molar-refractivity contribution in [2.24, 2.45) is 5.92 Å². The molecule has 1 fully saturated rings. The quantitative estimate of drug-likeness (QED) is 0.803. The van der Waals surface area contributed by atoms with Gasteiger partial charge in [-0.15, -0.1) is 0 Å². The van der Waals surface area contributed by atoms with E-state index in [4.69, 9.17) is 0 Å². The van der Waals surface area contributed by atoms with Gasteiger partial charge in [0.25, 0.3) is 0 Å². The predicted molar refractivity (Wildman–Crippen MR) is 77.6 cm³/mol. The van der Waals surface area contributed by atoms with Crippen molar-refractivity contribution in [3.63, 3.8) is 0 Å². The van der Waals surface area contributed by atoms with Crippen molar-refractivity contribution in [3.05, 3.63) is 0 Å². The van der Waals surface area contributed by atoms with Gasteiger partial charge in [0, 0.05) is 12.6 Å². The fourth-order valence-corrected chi connectivity index (χ4v) is 3.39. The SMILES string of the molecule is CC1CCCC(NCCS(=O)(=O)C(C)(C)C)CC1. The lowest BCUT2D eigenvalue weighted by Gasteiger charge is -2.21. The maximum atomic E-state index is 12.0. The van der Waals surface area contributed by atoms with E-state index in [-0.39, 0.29) is 5.75 Å². The Kier molecular flexibility index (Phi) is 5.66. The van der Waals surface area contributed by atoms with Crippen LogP contribution in [0.25, 0.3) is 0 Å². The molecule has 0 saturated heterocycles. The van der Waals surface area contributed by atoms with E-state index in [1.165, 1.54) is 32.1 Å². The fraction of sp³-hybridized carbons (Fsp3) is 1.00. The van der Waals surface area contributed by atoms with E-state index in [1.54, 1.807) is 20.8 Å². The van der Waals surface area contributed by atoms with Crippen molar-refractivity contribution in [2.75, 3.05) is 12.3 Å². The largest absolute Gasteiger partial charge is 0.313 e. The van der Waals surface area contributed by atoms with Crippen LogP contribution in [-0.4, -0.2) is 31.5 Å². The lowest BCUT2D eigenvalue weighted by atomic mass is 10.0. The van der Waals surface area contributed by atoms with Gasteiger partial charge in [-0.1, -0.05) is 19.8 Å². The van der Waals surface area contributed by atoms with Crippen LogP contribution in [0.15, 0.2) is 0 Å². The van der Waals surface area contributed by atoms with Gasteiger partial charge >= 0.3 is 0 Å². The topological polar surface area (TPSA) is 46.2 Å². The second-order valence-electron chi connectivity index (χ2n) is 6.70. The first-order valence-corrected chi connectivity index (χ1v) is 8.83. The average Bonchev–Trinajstić information content (AvgIpc) is 2.42. The van der Waals surface area contributed by atoms with Crippen molar-refractivity contribution in [3.8, 4) is 0 Å². The van der Waals surface area contributed by atoms with E-state index in [0.29, 0.717) is 12.6 Å². The standard InChI is InChI=1S/C14H29NO2S/c1-12-6-5-7-13(9-8-12)15-10-11-18(16,17)14(2,3)4/h12-13,15H,5-11H2,1-4H3. The highest BCUT2D eigenvalue weighted by atomic mass is 32.2. The van der Waals surface area contributed by atoms with Gasteiger partial charge in [-0.25, -0.2) is 8.42 Å². The summed E-state index contributed by atoms with van der Waals surface area (Å²) in [5, 5.41) is 3.43. The third-order valence-corrected chi connectivity index (χ3v) is 6.60. The molecular formula is C14H29NO2S. The van der Waals surface area contributed by atoms with Gasteiger partial charge in [0.05, 0.1) is 10.5 Å². The zero-order chi connectivity index (χ0) is 13.8. The first-order chi connectivity index (χ1) is 8.22. The summed E-state index contributed by atoms with van der Waals surface area (Å²) in [7, 11) is -2.98. The number of sulfone groups is 1. The monoisotopic (exact) mass is 275 g/mol. The minimum atomic E-state index is -2.98. The maximum Gasteiger partial charge on any atom is 0.156 e. The molecule has 0 bridgehead atoms. The molecule has 1 aliphatic carbocycles. The van der Waals surface area contributed by atoms with Crippen LogP contribution in [0.1, 0.15) is 59.8 Å². The minimum Gasteiger partial charge on any atom is -0.313 e. The third kappa shape index (κ3) is 4.88. The summed E-state index contributed by atoms with van der Waals surface area (Å²) in [6, 6.07) is 0.519. The van der Waals surface area contributed by atoms with Crippen LogP contribution in [-0.2, 0) is 9.84 Å². The Morgan fingerprint density at radius 3 is 2.39 bits per heavy atom. The summed E-state index contributed by atoms with van der Waals surface area (Å²) >= 11 is 0. The minimum absolute atomic E-state index is 0.253. The molecule has 1 aliphatic rings. The number of rotatable bonds is 4. The second kappa shape index (κ2) is 6.38. The summed E-state index contributed by atoms with van der Waals surface area (Å²) in [5.41, 5.74) is 0.